The minimum atomic E-state index is -1.13. The number of amides is 1. The number of nitrogens with zero attached hydrogens (tertiary/aromatic N) is 1. The van der Waals surface area contributed by atoms with Crippen LogP contribution in [-0.2, 0) is 14.4 Å². The van der Waals surface area contributed by atoms with E-state index in [1.54, 1.807) is 0 Å². The van der Waals surface area contributed by atoms with Gasteiger partial charge in [0.2, 0.25) is 0 Å². The largest absolute Gasteiger partial charge is 0.507 e. The van der Waals surface area contributed by atoms with Crippen molar-refractivity contribution in [3.8, 4) is 0 Å². The number of aliphatic hydroxyl groups excluding tert-OH is 1. The van der Waals surface area contributed by atoms with Gasteiger partial charge >= 0.3 is 5.97 Å². The highest BCUT2D eigenvalue weighted by Crippen LogP contribution is 2.42. The van der Waals surface area contributed by atoms with Crippen molar-refractivity contribution in [2.45, 2.75) is 12.5 Å². The van der Waals surface area contributed by atoms with Crippen molar-refractivity contribution >= 4 is 58.2 Å². The van der Waals surface area contributed by atoms with Gasteiger partial charge in [-0.15, -0.1) is 0 Å². The molecular formula is C20H14Cl3NO5. The van der Waals surface area contributed by atoms with Gasteiger partial charge in [0, 0.05) is 27.2 Å². The highest BCUT2D eigenvalue weighted by molar-refractivity contribution is 6.47. The number of rotatable bonds is 5. The SMILES string of the molecule is O=C(O)CCN1C(=O)C(=O)C(=C(O)c2ccc(Cl)cc2)[C@@H]1c1ccc(Cl)cc1Cl. The number of carbonyl (C=O) groups is 3. The summed E-state index contributed by atoms with van der Waals surface area (Å²) in [5.74, 6) is -3.39. The Morgan fingerprint density at radius 2 is 1.59 bits per heavy atom. The number of hydrogen-bond donors (Lipinski definition) is 2. The topological polar surface area (TPSA) is 94.9 Å². The second-order valence-corrected chi connectivity index (χ2v) is 7.59. The number of benzene rings is 2. The van der Waals surface area contributed by atoms with Crippen LogP contribution in [-0.4, -0.2) is 39.3 Å². The second kappa shape index (κ2) is 8.45. The Morgan fingerprint density at radius 1 is 0.966 bits per heavy atom. The highest BCUT2D eigenvalue weighted by atomic mass is 35.5. The van der Waals surface area contributed by atoms with E-state index in [0.29, 0.717) is 15.6 Å². The smallest absolute Gasteiger partial charge is 0.305 e. The van der Waals surface area contributed by atoms with E-state index >= 15 is 0 Å². The van der Waals surface area contributed by atoms with E-state index in [-0.39, 0.29) is 29.1 Å². The fraction of sp³-hybridized carbons (Fsp3) is 0.150. The molecule has 0 unspecified atom stereocenters. The van der Waals surface area contributed by atoms with Crippen molar-refractivity contribution in [3.63, 3.8) is 0 Å². The Bertz CT molecular complexity index is 1030. The molecule has 1 aliphatic rings. The van der Waals surface area contributed by atoms with E-state index in [4.69, 9.17) is 39.9 Å². The maximum absolute atomic E-state index is 12.8. The normalized spacial score (nSPS) is 18.3. The number of carboxylic acids is 1. The van der Waals surface area contributed by atoms with Crippen LogP contribution in [0.15, 0.2) is 48.0 Å². The molecule has 2 N–H and O–H groups in total. The number of aliphatic hydroxyl groups is 1. The number of ketones is 1. The van der Waals surface area contributed by atoms with Crippen LogP contribution in [0.4, 0.5) is 0 Å². The van der Waals surface area contributed by atoms with Crippen LogP contribution in [0.2, 0.25) is 15.1 Å². The molecule has 9 heteroatoms. The summed E-state index contributed by atoms with van der Waals surface area (Å²) in [7, 11) is 0. The summed E-state index contributed by atoms with van der Waals surface area (Å²) < 4.78 is 0. The number of carboxylic acid groups (broad SMARTS) is 1. The molecule has 1 fully saturated rings. The van der Waals surface area contributed by atoms with Crippen LogP contribution in [0.1, 0.15) is 23.6 Å². The van der Waals surface area contributed by atoms with E-state index in [0.717, 1.165) is 4.90 Å². The Kier molecular flexibility index (Phi) is 6.17. The molecule has 0 aromatic heterocycles. The molecule has 0 radical (unpaired) electrons. The summed E-state index contributed by atoms with van der Waals surface area (Å²) in [4.78, 5) is 37.5. The molecule has 0 aliphatic carbocycles. The van der Waals surface area contributed by atoms with Crippen LogP contribution < -0.4 is 0 Å². The molecule has 0 bridgehead atoms. The van der Waals surface area contributed by atoms with Gasteiger partial charge in [-0.25, -0.2) is 0 Å². The Balaban J connectivity index is 2.19. The molecule has 2 aromatic carbocycles. The molecule has 0 saturated carbocycles. The number of hydrogen-bond acceptors (Lipinski definition) is 4. The van der Waals surface area contributed by atoms with E-state index in [2.05, 4.69) is 0 Å². The minimum Gasteiger partial charge on any atom is -0.507 e. The quantitative estimate of drug-likeness (QED) is 0.393. The number of Topliss-reactive ketones (excluding diaryl/α,β-unsaturated/α-hetero) is 1. The minimum absolute atomic E-state index is 0.173. The molecule has 150 valence electrons. The first-order valence-electron chi connectivity index (χ1n) is 8.41. The molecule has 1 aliphatic heterocycles. The van der Waals surface area contributed by atoms with Crippen LogP contribution >= 0.6 is 34.8 Å². The average Bonchev–Trinajstić information content (AvgIpc) is 2.91. The second-order valence-electron chi connectivity index (χ2n) is 6.31. The fourth-order valence-electron chi connectivity index (χ4n) is 3.14. The van der Waals surface area contributed by atoms with Crippen molar-refractivity contribution in [1.29, 1.82) is 0 Å². The molecular weight excluding hydrogens is 441 g/mol. The van der Waals surface area contributed by atoms with Gasteiger partial charge in [-0.3, -0.25) is 14.4 Å². The molecule has 1 amide bonds. The van der Waals surface area contributed by atoms with Gasteiger partial charge in [0.15, 0.2) is 0 Å². The standard InChI is InChI=1S/C20H14Cl3NO5/c21-11-3-1-10(2-4-11)18(27)16-17(13-6-5-12(22)9-14(13)23)24(8-7-15(25)26)20(29)19(16)28/h1-6,9,17,27H,7-8H2,(H,25,26)/t17-/m0/s1. The monoisotopic (exact) mass is 453 g/mol. The Labute approximate surface area is 180 Å². The lowest BCUT2D eigenvalue weighted by atomic mass is 9.95. The maximum atomic E-state index is 12.8. The van der Waals surface area contributed by atoms with Crippen molar-refractivity contribution in [2.24, 2.45) is 0 Å². The zero-order chi connectivity index (χ0) is 21.3. The molecule has 0 spiro atoms. The van der Waals surface area contributed by atoms with Crippen molar-refractivity contribution < 1.29 is 24.6 Å². The third-order valence-corrected chi connectivity index (χ3v) is 5.30. The fourth-order valence-corrected chi connectivity index (χ4v) is 3.77. The molecule has 1 saturated heterocycles. The van der Waals surface area contributed by atoms with Gasteiger partial charge in [0.05, 0.1) is 18.0 Å². The van der Waals surface area contributed by atoms with E-state index in [1.807, 2.05) is 0 Å². The van der Waals surface area contributed by atoms with E-state index < -0.39 is 29.5 Å². The summed E-state index contributed by atoms with van der Waals surface area (Å²) >= 11 is 18.1. The average molecular weight is 455 g/mol. The zero-order valence-electron chi connectivity index (χ0n) is 14.7. The number of halogens is 3. The lowest BCUT2D eigenvalue weighted by Gasteiger charge is -2.25. The molecule has 29 heavy (non-hydrogen) atoms. The molecule has 6 nitrogen and oxygen atoms in total. The number of carbonyl (C=O) groups excluding carboxylic acids is 2. The molecule has 2 aromatic rings. The summed E-state index contributed by atoms with van der Waals surface area (Å²) in [6.07, 6.45) is -0.379. The summed E-state index contributed by atoms with van der Waals surface area (Å²) in [6.45, 7) is -0.235. The van der Waals surface area contributed by atoms with Gasteiger partial charge in [0.1, 0.15) is 5.76 Å². The number of likely N-dealkylation sites (tertiary alicyclic amines) is 1. The first-order chi connectivity index (χ1) is 13.7. The zero-order valence-corrected chi connectivity index (χ0v) is 17.0. The molecule has 3 rings (SSSR count). The van der Waals surface area contributed by atoms with Crippen LogP contribution in [0, 0.1) is 0 Å². The summed E-state index contributed by atoms with van der Waals surface area (Å²) in [5.41, 5.74) is 0.434. The Hall–Kier alpha value is -2.54. The first-order valence-corrected chi connectivity index (χ1v) is 9.55. The highest BCUT2D eigenvalue weighted by Gasteiger charge is 2.46. The Morgan fingerprint density at radius 3 is 2.17 bits per heavy atom. The summed E-state index contributed by atoms with van der Waals surface area (Å²) in [6, 6.07) is 9.51. The van der Waals surface area contributed by atoms with Gasteiger partial charge in [-0.1, -0.05) is 40.9 Å². The van der Waals surface area contributed by atoms with Gasteiger partial charge in [0.25, 0.3) is 11.7 Å². The molecule has 1 heterocycles. The summed E-state index contributed by atoms with van der Waals surface area (Å²) in [5, 5.41) is 20.8. The van der Waals surface area contributed by atoms with Crippen molar-refractivity contribution in [2.75, 3.05) is 6.54 Å². The lowest BCUT2D eigenvalue weighted by molar-refractivity contribution is -0.142. The van der Waals surface area contributed by atoms with Gasteiger partial charge < -0.3 is 15.1 Å². The maximum Gasteiger partial charge on any atom is 0.305 e. The van der Waals surface area contributed by atoms with E-state index in [1.165, 1.54) is 42.5 Å². The third kappa shape index (κ3) is 4.24. The molecule has 1 atom stereocenters. The lowest BCUT2D eigenvalue weighted by Crippen LogP contribution is -2.32. The van der Waals surface area contributed by atoms with Crippen LogP contribution in [0.5, 0.6) is 0 Å². The predicted octanol–water partition coefficient (Wildman–Crippen LogP) is 4.54. The number of aliphatic carboxylic acids is 1. The van der Waals surface area contributed by atoms with Gasteiger partial charge in [-0.05, 0) is 42.0 Å². The van der Waals surface area contributed by atoms with Crippen molar-refractivity contribution in [3.05, 3.63) is 74.2 Å². The predicted molar refractivity (Wildman–Crippen MR) is 109 cm³/mol. The van der Waals surface area contributed by atoms with Crippen LogP contribution in [0.3, 0.4) is 0 Å². The van der Waals surface area contributed by atoms with Gasteiger partial charge in [-0.2, -0.15) is 0 Å². The third-order valence-electron chi connectivity index (χ3n) is 4.48. The van der Waals surface area contributed by atoms with Crippen molar-refractivity contribution in [1.82, 2.24) is 4.90 Å². The first kappa shape index (κ1) is 21.2. The van der Waals surface area contributed by atoms with E-state index in [9.17, 15) is 19.5 Å². The van der Waals surface area contributed by atoms with Crippen LogP contribution in [0.25, 0.3) is 5.76 Å².